The van der Waals surface area contributed by atoms with E-state index in [1.165, 1.54) is 60.4 Å². The average molecular weight is 594 g/mol. The van der Waals surface area contributed by atoms with Crippen molar-refractivity contribution in [2.75, 3.05) is 0 Å². The maximum atomic E-state index is 3.97. The van der Waals surface area contributed by atoms with Crippen molar-refractivity contribution in [3.05, 3.63) is 117 Å². The van der Waals surface area contributed by atoms with Gasteiger partial charge in [0.1, 0.15) is 0 Å². The zero-order valence-electron chi connectivity index (χ0n) is 19.9. The molecule has 7 aromatic rings. The van der Waals surface area contributed by atoms with Gasteiger partial charge in [0.05, 0.1) is 27.8 Å². The van der Waals surface area contributed by atoms with Crippen LogP contribution in [-0.4, -0.2) is 9.13 Å². The molecule has 2 heterocycles. The molecule has 0 radical (unpaired) electrons. The van der Waals surface area contributed by atoms with Crippen molar-refractivity contribution in [2.45, 2.75) is 13.8 Å². The molecule has 0 saturated carbocycles. The van der Waals surface area contributed by atoms with Gasteiger partial charge in [-0.2, -0.15) is 0 Å². The summed E-state index contributed by atoms with van der Waals surface area (Å²) in [6.07, 6.45) is 0. The lowest BCUT2D eigenvalue weighted by Gasteiger charge is -2.14. The Hall–Kier alpha value is -3.34. The third-order valence-electron chi connectivity index (χ3n) is 7.13. The molecule has 0 atom stereocenters. The minimum Gasteiger partial charge on any atom is -0.309 e. The Kier molecular flexibility index (Phi) is 4.92. The summed E-state index contributed by atoms with van der Waals surface area (Å²) in [5.41, 5.74) is 9.65. The lowest BCUT2D eigenvalue weighted by molar-refractivity contribution is 1.16. The summed E-state index contributed by atoms with van der Waals surface area (Å²) in [6.45, 7) is 4.33. The van der Waals surface area contributed by atoms with Crippen molar-refractivity contribution < 1.29 is 0 Å². The highest BCUT2D eigenvalue weighted by molar-refractivity contribution is 9.10. The quantitative estimate of drug-likeness (QED) is 0.189. The predicted molar refractivity (Wildman–Crippen MR) is 160 cm³/mol. The summed E-state index contributed by atoms with van der Waals surface area (Å²) in [4.78, 5) is 0. The molecule has 0 saturated heterocycles. The molecule has 0 aliphatic rings. The number of halogens is 2. The van der Waals surface area contributed by atoms with Crippen molar-refractivity contribution in [3.63, 3.8) is 0 Å². The van der Waals surface area contributed by atoms with Gasteiger partial charge in [-0.15, -0.1) is 0 Å². The van der Waals surface area contributed by atoms with E-state index in [0.29, 0.717) is 0 Å². The van der Waals surface area contributed by atoms with Crippen LogP contribution in [0.3, 0.4) is 0 Å². The maximum Gasteiger partial charge on any atom is 0.0704 e. The van der Waals surface area contributed by atoms with E-state index >= 15 is 0 Å². The van der Waals surface area contributed by atoms with Crippen molar-refractivity contribution in [3.8, 4) is 11.4 Å². The Labute approximate surface area is 226 Å². The molecule has 0 N–H and O–H groups in total. The first-order valence-electron chi connectivity index (χ1n) is 12.0. The van der Waals surface area contributed by atoms with Gasteiger partial charge in [0.25, 0.3) is 0 Å². The molecule has 4 heteroatoms. The van der Waals surface area contributed by atoms with Crippen LogP contribution >= 0.6 is 31.9 Å². The minimum atomic E-state index is 1.07. The number of fused-ring (bicyclic) bond motifs is 6. The van der Waals surface area contributed by atoms with E-state index in [-0.39, 0.29) is 0 Å². The Morgan fingerprint density at radius 1 is 0.528 bits per heavy atom. The van der Waals surface area contributed by atoms with Gasteiger partial charge in [-0.3, -0.25) is 0 Å². The number of hydrogen-bond donors (Lipinski definition) is 0. The fourth-order valence-corrected chi connectivity index (χ4v) is 6.47. The molecule has 0 aliphatic carbocycles. The molecule has 0 aliphatic heterocycles. The largest absolute Gasteiger partial charge is 0.309 e. The standard InChI is InChI=1S/C32H22Br2N2/c1-19-8-12-27-23(16-19)24-18-21(33)10-14-28(24)36(27)32-26(34)11-15-30-31(32)25-17-20(2)9-13-29(25)35(30)22-6-4-3-5-7-22/h3-18H,1-2H3. The monoisotopic (exact) mass is 592 g/mol. The number of rotatable bonds is 2. The maximum absolute atomic E-state index is 3.97. The van der Waals surface area contributed by atoms with Gasteiger partial charge < -0.3 is 9.13 Å². The zero-order chi connectivity index (χ0) is 24.6. The molecule has 0 bridgehead atoms. The van der Waals surface area contributed by atoms with Crippen LogP contribution in [0.2, 0.25) is 0 Å². The lowest BCUT2D eigenvalue weighted by atomic mass is 10.1. The molecule has 0 spiro atoms. The highest BCUT2D eigenvalue weighted by Crippen LogP contribution is 2.43. The van der Waals surface area contributed by atoms with Crippen LogP contribution in [0.5, 0.6) is 0 Å². The molecule has 5 aromatic carbocycles. The van der Waals surface area contributed by atoms with Gasteiger partial charge in [0.15, 0.2) is 0 Å². The minimum absolute atomic E-state index is 1.07. The summed E-state index contributed by atoms with van der Waals surface area (Å²) in [5.74, 6) is 0. The first kappa shape index (κ1) is 21.9. The molecular weight excluding hydrogens is 572 g/mol. The van der Waals surface area contributed by atoms with E-state index in [2.05, 4.69) is 152 Å². The lowest BCUT2D eigenvalue weighted by Crippen LogP contribution is -1.98. The van der Waals surface area contributed by atoms with Gasteiger partial charge >= 0.3 is 0 Å². The molecule has 0 fully saturated rings. The number of aromatic nitrogens is 2. The average Bonchev–Trinajstić information content (AvgIpc) is 3.36. The molecule has 0 amide bonds. The Morgan fingerprint density at radius 3 is 1.83 bits per heavy atom. The van der Waals surface area contributed by atoms with E-state index in [1.807, 2.05) is 0 Å². The van der Waals surface area contributed by atoms with Crippen LogP contribution in [0.15, 0.2) is 106 Å². The van der Waals surface area contributed by atoms with Gasteiger partial charge in [-0.25, -0.2) is 0 Å². The van der Waals surface area contributed by atoms with Gasteiger partial charge in [-0.1, -0.05) is 57.4 Å². The van der Waals surface area contributed by atoms with E-state index in [1.54, 1.807) is 0 Å². The predicted octanol–water partition coefficient (Wildman–Crippen LogP) is 10.0. The second kappa shape index (κ2) is 8.09. The SMILES string of the molecule is Cc1ccc2c(c1)c1cc(Br)ccc1n2-c1c(Br)ccc2c1c1cc(C)ccc1n2-c1ccccc1. The Morgan fingerprint density at radius 2 is 1.11 bits per heavy atom. The highest BCUT2D eigenvalue weighted by Gasteiger charge is 2.22. The fourth-order valence-electron chi connectivity index (χ4n) is 5.61. The van der Waals surface area contributed by atoms with E-state index in [0.717, 1.165) is 14.6 Å². The van der Waals surface area contributed by atoms with Crippen LogP contribution in [0.4, 0.5) is 0 Å². The Bertz CT molecular complexity index is 1920. The third kappa shape index (κ3) is 3.14. The van der Waals surface area contributed by atoms with Gasteiger partial charge in [0.2, 0.25) is 0 Å². The van der Waals surface area contributed by atoms with Crippen LogP contribution < -0.4 is 0 Å². The topological polar surface area (TPSA) is 9.86 Å². The second-order valence-corrected chi connectivity index (χ2v) is 11.3. The number of para-hydroxylation sites is 1. The molecule has 2 aromatic heterocycles. The van der Waals surface area contributed by atoms with Crippen LogP contribution in [0, 0.1) is 13.8 Å². The Balaban J connectivity index is 1.73. The zero-order valence-corrected chi connectivity index (χ0v) is 23.1. The van der Waals surface area contributed by atoms with Crippen LogP contribution in [0.1, 0.15) is 11.1 Å². The molecule has 2 nitrogen and oxygen atoms in total. The van der Waals surface area contributed by atoms with E-state index in [4.69, 9.17) is 0 Å². The van der Waals surface area contributed by atoms with Crippen molar-refractivity contribution in [2.24, 2.45) is 0 Å². The number of nitrogens with zero attached hydrogens (tertiary/aromatic N) is 2. The van der Waals surface area contributed by atoms with E-state index < -0.39 is 0 Å². The van der Waals surface area contributed by atoms with Crippen LogP contribution in [0.25, 0.3) is 55.0 Å². The molecular formula is C32H22Br2N2. The van der Waals surface area contributed by atoms with E-state index in [9.17, 15) is 0 Å². The molecule has 174 valence electrons. The summed E-state index contributed by atoms with van der Waals surface area (Å²) < 4.78 is 6.98. The van der Waals surface area contributed by atoms with Crippen LogP contribution in [-0.2, 0) is 0 Å². The first-order chi connectivity index (χ1) is 17.5. The summed E-state index contributed by atoms with van der Waals surface area (Å²) >= 11 is 7.67. The molecule has 7 rings (SSSR count). The summed E-state index contributed by atoms with van der Waals surface area (Å²) in [5, 5.41) is 5.01. The number of benzene rings is 5. The number of aryl methyl sites for hydroxylation is 2. The van der Waals surface area contributed by atoms with Crippen molar-refractivity contribution >= 4 is 75.5 Å². The normalized spacial score (nSPS) is 11.9. The fraction of sp³-hybridized carbons (Fsp3) is 0.0625. The molecule has 0 unspecified atom stereocenters. The van der Waals surface area contributed by atoms with Gasteiger partial charge in [0, 0.05) is 36.2 Å². The second-order valence-electron chi connectivity index (χ2n) is 9.50. The highest BCUT2D eigenvalue weighted by atomic mass is 79.9. The van der Waals surface area contributed by atoms with Gasteiger partial charge in [-0.05, 0) is 96.5 Å². The molecule has 36 heavy (non-hydrogen) atoms. The van der Waals surface area contributed by atoms with Crippen molar-refractivity contribution in [1.82, 2.24) is 9.13 Å². The van der Waals surface area contributed by atoms with Crippen molar-refractivity contribution in [1.29, 1.82) is 0 Å². The summed E-state index contributed by atoms with van der Waals surface area (Å²) in [7, 11) is 0. The summed E-state index contributed by atoms with van der Waals surface area (Å²) in [6, 6.07) is 35.2. The first-order valence-corrected chi connectivity index (χ1v) is 13.6. The smallest absolute Gasteiger partial charge is 0.0704 e. The number of hydrogen-bond acceptors (Lipinski definition) is 0. The third-order valence-corrected chi connectivity index (χ3v) is 8.26.